The lowest BCUT2D eigenvalue weighted by atomic mass is 10.1. The van der Waals surface area contributed by atoms with E-state index >= 15 is 0 Å². The van der Waals surface area contributed by atoms with Gasteiger partial charge in [0.1, 0.15) is 11.3 Å². The maximum absolute atomic E-state index is 12.8. The van der Waals surface area contributed by atoms with Gasteiger partial charge >= 0.3 is 0 Å². The summed E-state index contributed by atoms with van der Waals surface area (Å²) in [7, 11) is 1.69. The summed E-state index contributed by atoms with van der Waals surface area (Å²) < 4.78 is 7.45. The summed E-state index contributed by atoms with van der Waals surface area (Å²) in [6.45, 7) is 3.87. The zero-order chi connectivity index (χ0) is 21.1. The van der Waals surface area contributed by atoms with Crippen molar-refractivity contribution in [1.82, 2.24) is 29.6 Å². The number of carbonyl (C=O) groups is 1. The maximum atomic E-state index is 12.8. The van der Waals surface area contributed by atoms with Crippen molar-refractivity contribution in [3.63, 3.8) is 0 Å². The summed E-state index contributed by atoms with van der Waals surface area (Å²) in [5.74, 6) is 1.06. The number of rotatable bonds is 7. The van der Waals surface area contributed by atoms with Crippen molar-refractivity contribution in [1.29, 1.82) is 0 Å². The van der Waals surface area contributed by atoms with Crippen molar-refractivity contribution in [2.24, 2.45) is 0 Å². The van der Waals surface area contributed by atoms with E-state index in [2.05, 4.69) is 26.7 Å². The van der Waals surface area contributed by atoms with Gasteiger partial charge in [0.25, 0.3) is 5.56 Å². The highest BCUT2D eigenvalue weighted by Gasteiger charge is 2.22. The molecule has 0 aromatic carbocycles. The van der Waals surface area contributed by atoms with E-state index in [4.69, 9.17) is 9.72 Å². The molecule has 2 N–H and O–H groups in total. The molecule has 1 amide bonds. The predicted octanol–water partition coefficient (Wildman–Crippen LogP) is 1.61. The first-order valence-corrected chi connectivity index (χ1v) is 10.5. The van der Waals surface area contributed by atoms with E-state index in [0.717, 1.165) is 28.2 Å². The lowest BCUT2D eigenvalue weighted by molar-refractivity contribution is -0.131. The van der Waals surface area contributed by atoms with Crippen LogP contribution in [0.15, 0.2) is 23.1 Å². The average molecular weight is 412 g/mol. The number of aryl methyl sites for hydroxylation is 1. The van der Waals surface area contributed by atoms with Crippen LogP contribution in [0.2, 0.25) is 0 Å². The Balaban J connectivity index is 1.39. The molecule has 0 spiro atoms. The van der Waals surface area contributed by atoms with Crippen LogP contribution in [0.5, 0.6) is 0 Å². The van der Waals surface area contributed by atoms with Crippen LogP contribution in [0.3, 0.4) is 0 Å². The minimum Gasteiger partial charge on any atom is -0.383 e. The molecule has 0 saturated heterocycles. The molecule has 0 aliphatic carbocycles. The minimum absolute atomic E-state index is 0.0722. The molecule has 4 rings (SSSR count). The van der Waals surface area contributed by atoms with Crippen molar-refractivity contribution in [3.8, 4) is 0 Å². The summed E-state index contributed by atoms with van der Waals surface area (Å²) in [6, 6.07) is 3.95. The number of methoxy groups -OCH3 is 1. The van der Waals surface area contributed by atoms with E-state index in [9.17, 15) is 9.59 Å². The Morgan fingerprint density at radius 1 is 1.30 bits per heavy atom. The van der Waals surface area contributed by atoms with Gasteiger partial charge in [-0.1, -0.05) is 0 Å². The first kappa shape index (κ1) is 20.3. The van der Waals surface area contributed by atoms with E-state index in [1.807, 2.05) is 17.0 Å². The van der Waals surface area contributed by atoms with E-state index in [0.29, 0.717) is 51.8 Å². The molecule has 1 aliphatic heterocycles. The zero-order valence-corrected chi connectivity index (χ0v) is 17.5. The van der Waals surface area contributed by atoms with Crippen LogP contribution >= 0.6 is 0 Å². The van der Waals surface area contributed by atoms with Gasteiger partial charge in [-0.05, 0) is 31.9 Å². The third-order valence-electron chi connectivity index (χ3n) is 5.74. The second-order valence-electron chi connectivity index (χ2n) is 7.82. The second kappa shape index (κ2) is 8.83. The third-order valence-corrected chi connectivity index (χ3v) is 5.74. The van der Waals surface area contributed by atoms with Crippen LogP contribution in [0.4, 0.5) is 0 Å². The van der Waals surface area contributed by atoms with Gasteiger partial charge in [-0.15, -0.1) is 0 Å². The number of ether oxygens (including phenoxy) is 1. The quantitative estimate of drug-likeness (QED) is 0.613. The molecule has 9 nitrogen and oxygen atoms in total. The number of H-pyrrole nitrogens is 2. The summed E-state index contributed by atoms with van der Waals surface area (Å²) in [5, 5.41) is 5.56. The molecule has 9 heteroatoms. The Labute approximate surface area is 174 Å². The van der Waals surface area contributed by atoms with E-state index in [1.54, 1.807) is 13.3 Å². The van der Waals surface area contributed by atoms with E-state index < -0.39 is 0 Å². The number of aromatic nitrogens is 5. The van der Waals surface area contributed by atoms with Crippen molar-refractivity contribution < 1.29 is 9.53 Å². The molecular formula is C21H28N6O3. The number of fused-ring (bicyclic) bond motifs is 2. The zero-order valence-electron chi connectivity index (χ0n) is 17.5. The highest BCUT2D eigenvalue weighted by molar-refractivity contribution is 5.76. The molecule has 0 saturated carbocycles. The van der Waals surface area contributed by atoms with Crippen LogP contribution in [-0.4, -0.2) is 62.3 Å². The first-order chi connectivity index (χ1) is 14.6. The number of carbonyl (C=O) groups excluding carboxylic acids is 1. The smallest absolute Gasteiger partial charge is 0.267 e. The second-order valence-corrected chi connectivity index (χ2v) is 7.82. The minimum atomic E-state index is -0.0722. The molecule has 1 aliphatic rings. The van der Waals surface area contributed by atoms with Gasteiger partial charge < -0.3 is 19.3 Å². The first-order valence-electron chi connectivity index (χ1n) is 10.5. The van der Waals surface area contributed by atoms with Gasteiger partial charge in [-0.3, -0.25) is 14.7 Å². The molecule has 0 fully saturated rings. The van der Waals surface area contributed by atoms with E-state index in [1.165, 1.54) is 0 Å². The van der Waals surface area contributed by atoms with Gasteiger partial charge in [0.15, 0.2) is 5.65 Å². The van der Waals surface area contributed by atoms with Crippen molar-refractivity contribution in [2.45, 2.75) is 45.1 Å². The molecule has 3 aromatic heterocycles. The van der Waals surface area contributed by atoms with Crippen LogP contribution in [0, 0.1) is 0 Å². The Hall–Kier alpha value is -2.94. The van der Waals surface area contributed by atoms with Gasteiger partial charge in [0.05, 0.1) is 12.6 Å². The summed E-state index contributed by atoms with van der Waals surface area (Å²) in [5.41, 5.74) is 3.34. The molecule has 1 atom stereocenters. The normalized spacial score (nSPS) is 15.2. The Bertz CT molecular complexity index is 1080. The monoisotopic (exact) mass is 412 g/mol. The predicted molar refractivity (Wildman–Crippen MR) is 112 cm³/mol. The lowest BCUT2D eigenvalue weighted by Crippen LogP contribution is -2.33. The fourth-order valence-electron chi connectivity index (χ4n) is 4.24. The average Bonchev–Trinajstić information content (AvgIpc) is 3.19. The topological polar surface area (TPSA) is 109 Å². The van der Waals surface area contributed by atoms with Gasteiger partial charge in [-0.25, -0.2) is 9.97 Å². The van der Waals surface area contributed by atoms with Crippen molar-refractivity contribution >= 4 is 17.1 Å². The van der Waals surface area contributed by atoms with Crippen LogP contribution in [0.1, 0.15) is 42.9 Å². The fraction of sp³-hybridized carbons (Fsp3) is 0.524. The van der Waals surface area contributed by atoms with Crippen LogP contribution in [-0.2, 0) is 28.8 Å². The van der Waals surface area contributed by atoms with Crippen molar-refractivity contribution in [3.05, 3.63) is 45.8 Å². The largest absolute Gasteiger partial charge is 0.383 e. The lowest BCUT2D eigenvalue weighted by Gasteiger charge is -2.20. The van der Waals surface area contributed by atoms with Gasteiger partial charge in [0, 0.05) is 56.9 Å². The Morgan fingerprint density at radius 2 is 2.13 bits per heavy atom. The number of pyridine rings is 1. The number of aromatic amines is 2. The number of imidazole rings is 1. The SMILES string of the molecule is COC[C@@H](C)n1c(CCCC(=O)N2CCc3[nH][nH]c(=O)c3CC2)nc2cccnc21. The van der Waals surface area contributed by atoms with Crippen LogP contribution in [0.25, 0.3) is 11.2 Å². The third kappa shape index (κ3) is 4.02. The summed E-state index contributed by atoms with van der Waals surface area (Å²) in [4.78, 5) is 35.7. The Kier molecular flexibility index (Phi) is 5.98. The number of hydrogen-bond acceptors (Lipinski definition) is 5. The number of nitrogens with one attached hydrogen (secondary N) is 2. The van der Waals surface area contributed by atoms with Gasteiger partial charge in [-0.2, -0.15) is 0 Å². The molecule has 0 unspecified atom stereocenters. The molecule has 0 radical (unpaired) electrons. The molecular weight excluding hydrogens is 384 g/mol. The molecule has 4 heterocycles. The number of amides is 1. The molecule has 3 aromatic rings. The molecule has 30 heavy (non-hydrogen) atoms. The fourth-order valence-corrected chi connectivity index (χ4v) is 4.24. The molecule has 160 valence electrons. The number of hydrogen-bond donors (Lipinski definition) is 2. The van der Waals surface area contributed by atoms with Crippen LogP contribution < -0.4 is 5.56 Å². The standard InChI is InChI=1S/C21H28N6O3/c1-14(13-30-2)27-18(23-17-5-4-10-22-20(17)27)6-3-7-19(28)26-11-8-15-16(9-12-26)24-25-21(15)29/h4-5,10,14H,3,6-9,11-13H2,1-2H3,(H2,24,25,29)/t14-/m1/s1. The van der Waals surface area contributed by atoms with E-state index in [-0.39, 0.29) is 17.5 Å². The van der Waals surface area contributed by atoms with Gasteiger partial charge in [0.2, 0.25) is 5.91 Å². The maximum Gasteiger partial charge on any atom is 0.267 e. The van der Waals surface area contributed by atoms with Crippen molar-refractivity contribution in [2.75, 3.05) is 26.8 Å². The highest BCUT2D eigenvalue weighted by Crippen LogP contribution is 2.21. The summed E-state index contributed by atoms with van der Waals surface area (Å²) >= 11 is 0. The summed E-state index contributed by atoms with van der Waals surface area (Å²) in [6.07, 6.45) is 4.91. The molecule has 0 bridgehead atoms. The highest BCUT2D eigenvalue weighted by atomic mass is 16.5. The Morgan fingerprint density at radius 3 is 2.97 bits per heavy atom. The number of nitrogens with zero attached hydrogens (tertiary/aromatic N) is 4.